The number of carbonyl (C=O) groups is 2. The topological polar surface area (TPSA) is 115 Å². The molecule has 36 heavy (non-hydrogen) atoms. The zero-order valence-electron chi connectivity index (χ0n) is 22.7. The zero-order valence-corrected chi connectivity index (χ0v) is 22.7. The Bertz CT molecular complexity index is 910. The third-order valence-electron chi connectivity index (χ3n) is 8.55. The number of alkyl carbamates (subject to hydrolysis) is 1. The van der Waals surface area contributed by atoms with Crippen LogP contribution in [0.5, 0.6) is 5.75 Å². The Morgan fingerprint density at radius 2 is 1.97 bits per heavy atom. The van der Waals surface area contributed by atoms with Gasteiger partial charge < -0.3 is 25.8 Å². The Kier molecular flexibility index (Phi) is 9.24. The molecule has 202 valence electrons. The van der Waals surface area contributed by atoms with Crippen LogP contribution in [0.15, 0.2) is 24.3 Å². The molecule has 1 aliphatic heterocycles. The van der Waals surface area contributed by atoms with Crippen molar-refractivity contribution in [3.8, 4) is 5.75 Å². The highest BCUT2D eigenvalue weighted by Crippen LogP contribution is 2.54. The molecule has 1 saturated carbocycles. The minimum atomic E-state index is -0.691. The van der Waals surface area contributed by atoms with E-state index in [4.69, 9.17) is 20.0 Å². The molecule has 9 nitrogen and oxygen atoms in total. The van der Waals surface area contributed by atoms with E-state index >= 15 is 0 Å². The first kappa shape index (κ1) is 28.2. The lowest BCUT2D eigenvalue weighted by atomic mass is 9.52. The number of ether oxygens (including phenoxy) is 2. The zero-order chi connectivity index (χ0) is 26.6. The van der Waals surface area contributed by atoms with Crippen LogP contribution in [-0.2, 0) is 20.9 Å². The first-order valence-electron chi connectivity index (χ1n) is 13.0. The molecule has 0 radical (unpaired) electrons. The van der Waals surface area contributed by atoms with Gasteiger partial charge in [-0.2, -0.15) is 5.06 Å². The van der Waals surface area contributed by atoms with Crippen molar-refractivity contribution in [2.75, 3.05) is 27.2 Å². The molecular weight excluding hydrogens is 460 g/mol. The fraction of sp³-hybridized carbons (Fsp3) is 0.704. The molecule has 0 bridgehead atoms. The van der Waals surface area contributed by atoms with Crippen molar-refractivity contribution in [3.05, 3.63) is 29.8 Å². The maximum atomic E-state index is 13.7. The molecule has 1 aromatic carbocycles. The van der Waals surface area contributed by atoms with E-state index in [2.05, 4.69) is 38.3 Å². The van der Waals surface area contributed by atoms with Gasteiger partial charge in [0.15, 0.2) is 0 Å². The maximum Gasteiger partial charge on any atom is 0.407 e. The second-order valence-electron chi connectivity index (χ2n) is 10.9. The fourth-order valence-electron chi connectivity index (χ4n) is 5.88. The van der Waals surface area contributed by atoms with E-state index in [0.29, 0.717) is 36.6 Å². The van der Waals surface area contributed by atoms with E-state index < -0.39 is 30.3 Å². The number of methoxy groups -OCH3 is 1. The van der Waals surface area contributed by atoms with E-state index in [1.807, 2.05) is 24.3 Å². The third kappa shape index (κ3) is 5.79. The second-order valence-corrected chi connectivity index (χ2v) is 10.9. The molecule has 2 amide bonds. The van der Waals surface area contributed by atoms with E-state index in [1.54, 1.807) is 19.1 Å². The van der Waals surface area contributed by atoms with E-state index in [1.165, 1.54) is 13.5 Å². The van der Waals surface area contributed by atoms with Gasteiger partial charge in [-0.3, -0.25) is 9.63 Å². The number of rotatable bonds is 10. The number of hydrogen-bond acceptors (Lipinski definition) is 7. The summed E-state index contributed by atoms with van der Waals surface area (Å²) in [6.07, 6.45) is -0.471. The van der Waals surface area contributed by atoms with Gasteiger partial charge in [0.05, 0.1) is 25.7 Å². The van der Waals surface area contributed by atoms with Gasteiger partial charge in [-0.1, -0.05) is 45.9 Å². The van der Waals surface area contributed by atoms with Crippen LogP contribution in [0.1, 0.15) is 46.6 Å². The minimum absolute atomic E-state index is 0.157. The lowest BCUT2D eigenvalue weighted by Gasteiger charge is -2.53. The number of nitrogens with zero attached hydrogens (tertiary/aromatic N) is 1. The Morgan fingerprint density at radius 1 is 1.28 bits per heavy atom. The van der Waals surface area contributed by atoms with Crippen LogP contribution >= 0.6 is 0 Å². The molecule has 1 aliphatic carbocycles. The van der Waals surface area contributed by atoms with E-state index in [-0.39, 0.29) is 17.9 Å². The first-order chi connectivity index (χ1) is 17.0. The van der Waals surface area contributed by atoms with Crippen LogP contribution in [0.2, 0.25) is 0 Å². The lowest BCUT2D eigenvalue weighted by Crippen LogP contribution is -2.53. The summed E-state index contributed by atoms with van der Waals surface area (Å²) < 4.78 is 11.1. The van der Waals surface area contributed by atoms with Crippen molar-refractivity contribution in [1.29, 1.82) is 0 Å². The monoisotopic (exact) mass is 504 g/mol. The van der Waals surface area contributed by atoms with Gasteiger partial charge in [-0.25, -0.2) is 4.79 Å². The third-order valence-corrected chi connectivity index (χ3v) is 8.55. The van der Waals surface area contributed by atoms with Crippen LogP contribution in [0.4, 0.5) is 4.79 Å². The molecule has 9 heteroatoms. The smallest absolute Gasteiger partial charge is 0.407 e. The fourth-order valence-corrected chi connectivity index (χ4v) is 5.88. The van der Waals surface area contributed by atoms with Crippen LogP contribution < -0.4 is 21.1 Å². The summed E-state index contributed by atoms with van der Waals surface area (Å²) in [7, 11) is 3.12. The van der Waals surface area contributed by atoms with Gasteiger partial charge in [-0.15, -0.1) is 0 Å². The number of amides is 2. The average Bonchev–Trinajstić information content (AvgIpc) is 3.24. The summed E-state index contributed by atoms with van der Waals surface area (Å²) in [4.78, 5) is 31.9. The van der Waals surface area contributed by atoms with Gasteiger partial charge in [0.25, 0.3) is 0 Å². The predicted molar refractivity (Wildman–Crippen MR) is 138 cm³/mol. The molecule has 2 fully saturated rings. The summed E-state index contributed by atoms with van der Waals surface area (Å²) in [5, 5.41) is 7.32. The van der Waals surface area contributed by atoms with E-state index in [0.717, 1.165) is 5.56 Å². The summed E-state index contributed by atoms with van der Waals surface area (Å²) in [5.41, 5.74) is 7.21. The predicted octanol–water partition coefficient (Wildman–Crippen LogP) is 2.93. The SMILES string of the molecule is CNC(=O)O[C@@H](C)[C@@H]1[C@H](CN)ON(Cc2ccccc2OC)[C@@H]1C(=O)NC[C@@H](C)[C@H]1C[C@@H](C)C1(C)C. The summed E-state index contributed by atoms with van der Waals surface area (Å²) in [5.74, 6) is 1.68. The summed E-state index contributed by atoms with van der Waals surface area (Å²) in [6, 6.07) is 6.93. The number of hydroxylamine groups is 2. The van der Waals surface area contributed by atoms with Crippen LogP contribution in [0.3, 0.4) is 0 Å². The summed E-state index contributed by atoms with van der Waals surface area (Å²) in [6.45, 7) is 12.0. The number of carbonyl (C=O) groups excluding carboxylic acids is 2. The highest BCUT2D eigenvalue weighted by Gasteiger charge is 2.51. The Morgan fingerprint density at radius 3 is 2.56 bits per heavy atom. The highest BCUT2D eigenvalue weighted by molar-refractivity contribution is 5.82. The van der Waals surface area contributed by atoms with Gasteiger partial charge in [0, 0.05) is 25.7 Å². The molecule has 0 spiro atoms. The van der Waals surface area contributed by atoms with Crippen LogP contribution in [-0.4, -0.2) is 62.6 Å². The van der Waals surface area contributed by atoms with Crippen LogP contribution in [0, 0.1) is 29.1 Å². The normalized spacial score (nSPS) is 29.1. The number of hydrogen-bond donors (Lipinski definition) is 3. The largest absolute Gasteiger partial charge is 0.496 e. The molecule has 1 heterocycles. The quantitative estimate of drug-likeness (QED) is 0.449. The van der Waals surface area contributed by atoms with Crippen molar-refractivity contribution >= 4 is 12.0 Å². The maximum absolute atomic E-state index is 13.7. The van der Waals surface area contributed by atoms with Crippen molar-refractivity contribution in [1.82, 2.24) is 15.7 Å². The Balaban J connectivity index is 1.82. The van der Waals surface area contributed by atoms with Crippen molar-refractivity contribution in [2.45, 2.75) is 65.8 Å². The second kappa shape index (κ2) is 11.8. The molecule has 0 unspecified atom stereocenters. The molecule has 3 rings (SSSR count). The molecule has 0 aromatic heterocycles. The highest BCUT2D eigenvalue weighted by atomic mass is 16.7. The first-order valence-corrected chi connectivity index (χ1v) is 13.0. The standard InChI is InChI=1S/C27H44N4O5/c1-16(20-12-17(2)27(20,4)5)14-30-25(32)24-23(18(3)35-26(33)29-6)22(13-28)36-31(24)15-19-10-8-9-11-21(19)34-7/h8-11,16-18,20,22-24H,12-15,28H2,1-7H3,(H,29,33)(H,30,32)/t16-,17-,18+,20-,22+,23-,24+/m1/s1. The number of para-hydroxylation sites is 1. The molecule has 2 aliphatic rings. The van der Waals surface area contributed by atoms with Gasteiger partial charge >= 0.3 is 6.09 Å². The molecule has 1 saturated heterocycles. The number of nitrogens with one attached hydrogen (secondary N) is 2. The number of benzene rings is 1. The average molecular weight is 505 g/mol. The number of nitrogens with two attached hydrogens (primary N) is 1. The van der Waals surface area contributed by atoms with Crippen molar-refractivity contribution in [3.63, 3.8) is 0 Å². The molecule has 1 aromatic rings. The molecular formula is C27H44N4O5. The van der Waals surface area contributed by atoms with Gasteiger partial charge in [0.1, 0.15) is 17.9 Å². The van der Waals surface area contributed by atoms with Gasteiger partial charge in [-0.05, 0) is 42.6 Å². The van der Waals surface area contributed by atoms with Crippen LogP contribution in [0.25, 0.3) is 0 Å². The Labute approximate surface area is 215 Å². The summed E-state index contributed by atoms with van der Waals surface area (Å²) >= 11 is 0. The van der Waals surface area contributed by atoms with E-state index in [9.17, 15) is 9.59 Å². The van der Waals surface area contributed by atoms with Gasteiger partial charge in [0.2, 0.25) is 5.91 Å². The lowest BCUT2D eigenvalue weighted by molar-refractivity contribution is -0.174. The molecule has 4 N–H and O–H groups in total. The Hall–Kier alpha value is -2.36. The molecule has 7 atom stereocenters. The minimum Gasteiger partial charge on any atom is -0.496 e. The van der Waals surface area contributed by atoms with Crippen molar-refractivity contribution < 1.29 is 23.9 Å². The van der Waals surface area contributed by atoms with Crippen molar-refractivity contribution in [2.24, 2.45) is 34.8 Å².